The van der Waals surface area contributed by atoms with Crippen LogP contribution in [0.5, 0.6) is 11.5 Å². The van der Waals surface area contributed by atoms with Crippen molar-refractivity contribution in [1.82, 2.24) is 4.90 Å². The van der Waals surface area contributed by atoms with Crippen molar-refractivity contribution < 1.29 is 19.1 Å². The Morgan fingerprint density at radius 3 is 2.28 bits per heavy atom. The molecule has 6 nitrogen and oxygen atoms in total. The number of hydrogen-bond acceptors (Lipinski definition) is 4. The Morgan fingerprint density at radius 2 is 1.69 bits per heavy atom. The Bertz CT molecular complexity index is 826. The second-order valence-corrected chi connectivity index (χ2v) is 7.72. The summed E-state index contributed by atoms with van der Waals surface area (Å²) in [5, 5.41) is 2.78. The third-order valence-corrected chi connectivity index (χ3v) is 4.53. The minimum atomic E-state index is -0.292. The number of para-hydroxylation sites is 2. The van der Waals surface area contributed by atoms with Crippen LogP contribution in [0.2, 0.25) is 0 Å². The van der Waals surface area contributed by atoms with E-state index in [-0.39, 0.29) is 30.4 Å². The molecule has 6 heteroatoms. The molecule has 0 heterocycles. The summed E-state index contributed by atoms with van der Waals surface area (Å²) in [6.07, 6.45) is 0. The van der Waals surface area contributed by atoms with Crippen LogP contribution in [0.1, 0.15) is 33.3 Å². The van der Waals surface area contributed by atoms with Gasteiger partial charge < -0.3 is 19.7 Å². The summed E-state index contributed by atoms with van der Waals surface area (Å²) in [7, 11) is 1.54. The molecule has 0 bridgehead atoms. The molecule has 29 heavy (non-hydrogen) atoms. The fraction of sp³-hybridized carbons (Fsp3) is 0.391. The summed E-state index contributed by atoms with van der Waals surface area (Å²) in [6.45, 7) is 8.48. The van der Waals surface area contributed by atoms with E-state index in [0.717, 1.165) is 0 Å². The van der Waals surface area contributed by atoms with Crippen LogP contribution in [0.15, 0.2) is 48.5 Å². The second kappa shape index (κ2) is 9.96. The lowest BCUT2D eigenvalue weighted by Crippen LogP contribution is -2.40. The van der Waals surface area contributed by atoms with Gasteiger partial charge in [0.15, 0.2) is 6.61 Å². The molecule has 0 fully saturated rings. The molecule has 0 atom stereocenters. The van der Waals surface area contributed by atoms with E-state index in [2.05, 4.69) is 26.1 Å². The number of rotatable bonds is 8. The van der Waals surface area contributed by atoms with Crippen molar-refractivity contribution in [2.75, 3.05) is 32.1 Å². The number of carbonyl (C=O) groups excluding carboxylic acids is 2. The molecule has 1 N–H and O–H groups in total. The van der Waals surface area contributed by atoms with Gasteiger partial charge in [-0.2, -0.15) is 0 Å². The minimum absolute atomic E-state index is 0.0558. The molecule has 0 saturated carbocycles. The Labute approximate surface area is 172 Å². The zero-order valence-electron chi connectivity index (χ0n) is 17.8. The van der Waals surface area contributed by atoms with Crippen molar-refractivity contribution >= 4 is 17.5 Å². The lowest BCUT2D eigenvalue weighted by Gasteiger charge is -2.21. The zero-order chi connectivity index (χ0) is 21.4. The normalized spacial score (nSPS) is 10.9. The first-order chi connectivity index (χ1) is 13.7. The van der Waals surface area contributed by atoms with Gasteiger partial charge in [-0.05, 0) is 42.2 Å². The van der Waals surface area contributed by atoms with Gasteiger partial charge in [0.05, 0.1) is 19.3 Å². The van der Waals surface area contributed by atoms with Crippen LogP contribution in [-0.2, 0) is 15.0 Å². The largest absolute Gasteiger partial charge is 0.495 e. The predicted octanol–water partition coefficient (Wildman–Crippen LogP) is 3.86. The first-order valence-electron chi connectivity index (χ1n) is 9.68. The molecule has 0 aliphatic rings. The molecular weight excluding hydrogens is 368 g/mol. The number of nitrogens with one attached hydrogen (secondary N) is 1. The number of ether oxygens (including phenoxy) is 2. The molecule has 0 aromatic heterocycles. The van der Waals surface area contributed by atoms with Crippen LogP contribution in [-0.4, -0.2) is 43.5 Å². The van der Waals surface area contributed by atoms with Crippen molar-refractivity contribution in [2.24, 2.45) is 0 Å². The molecule has 0 saturated heterocycles. The maximum atomic E-state index is 12.5. The number of carbonyl (C=O) groups is 2. The van der Waals surface area contributed by atoms with Crippen molar-refractivity contribution in [3.05, 3.63) is 54.1 Å². The molecule has 2 aromatic carbocycles. The number of likely N-dealkylation sites (N-methyl/N-ethyl adjacent to an activating group) is 1. The quantitative estimate of drug-likeness (QED) is 0.733. The number of nitrogens with zero attached hydrogens (tertiary/aromatic N) is 1. The van der Waals surface area contributed by atoms with Gasteiger partial charge in [0.1, 0.15) is 11.5 Å². The molecule has 156 valence electrons. The maximum Gasteiger partial charge on any atom is 0.260 e. The van der Waals surface area contributed by atoms with Crippen molar-refractivity contribution in [3.63, 3.8) is 0 Å². The third-order valence-electron chi connectivity index (χ3n) is 4.53. The second-order valence-electron chi connectivity index (χ2n) is 7.72. The number of amides is 2. The minimum Gasteiger partial charge on any atom is -0.495 e. The maximum absolute atomic E-state index is 12.5. The van der Waals surface area contributed by atoms with Gasteiger partial charge in [-0.1, -0.05) is 45.0 Å². The summed E-state index contributed by atoms with van der Waals surface area (Å²) in [6, 6.07) is 14.9. The monoisotopic (exact) mass is 398 g/mol. The lowest BCUT2D eigenvalue weighted by atomic mass is 9.87. The highest BCUT2D eigenvalue weighted by Gasteiger charge is 2.18. The Kier molecular flexibility index (Phi) is 7.65. The molecule has 0 radical (unpaired) electrons. The molecule has 0 unspecified atom stereocenters. The fourth-order valence-electron chi connectivity index (χ4n) is 2.77. The highest BCUT2D eigenvalue weighted by Crippen LogP contribution is 2.24. The van der Waals surface area contributed by atoms with Crippen molar-refractivity contribution in [2.45, 2.75) is 33.1 Å². The highest BCUT2D eigenvalue weighted by atomic mass is 16.5. The average Bonchev–Trinajstić information content (AvgIpc) is 2.70. The van der Waals surface area contributed by atoms with E-state index in [1.165, 1.54) is 17.6 Å². The Hall–Kier alpha value is -3.02. The molecule has 0 aliphatic heterocycles. The summed E-state index contributed by atoms with van der Waals surface area (Å²) in [5.41, 5.74) is 1.82. The van der Waals surface area contributed by atoms with E-state index in [0.29, 0.717) is 23.7 Å². The lowest BCUT2D eigenvalue weighted by molar-refractivity contribution is -0.136. The topological polar surface area (TPSA) is 67.9 Å². The first-order valence-corrected chi connectivity index (χ1v) is 9.68. The van der Waals surface area contributed by atoms with Crippen molar-refractivity contribution in [1.29, 1.82) is 0 Å². The van der Waals surface area contributed by atoms with E-state index in [1.54, 1.807) is 18.2 Å². The number of anilines is 1. The van der Waals surface area contributed by atoms with Gasteiger partial charge in [0.2, 0.25) is 5.91 Å². The molecule has 2 aromatic rings. The summed E-state index contributed by atoms with van der Waals surface area (Å²) in [5.74, 6) is 0.653. The highest BCUT2D eigenvalue weighted by molar-refractivity contribution is 5.95. The van der Waals surface area contributed by atoms with Gasteiger partial charge in [0.25, 0.3) is 5.91 Å². The van der Waals surface area contributed by atoms with Gasteiger partial charge >= 0.3 is 0 Å². The van der Waals surface area contributed by atoms with E-state index in [9.17, 15) is 9.59 Å². The number of benzene rings is 2. The fourth-order valence-corrected chi connectivity index (χ4v) is 2.77. The van der Waals surface area contributed by atoms with Crippen LogP contribution in [0.4, 0.5) is 5.69 Å². The molecule has 0 aliphatic carbocycles. The number of hydrogen-bond donors (Lipinski definition) is 1. The summed E-state index contributed by atoms with van der Waals surface area (Å²) < 4.78 is 10.8. The molecular formula is C23H30N2O4. The predicted molar refractivity (Wildman–Crippen MR) is 115 cm³/mol. The van der Waals surface area contributed by atoms with Gasteiger partial charge in [-0.25, -0.2) is 0 Å². The van der Waals surface area contributed by atoms with Crippen LogP contribution in [0, 0.1) is 0 Å². The van der Waals surface area contributed by atoms with E-state index in [4.69, 9.17) is 9.47 Å². The van der Waals surface area contributed by atoms with E-state index >= 15 is 0 Å². The smallest absolute Gasteiger partial charge is 0.260 e. The van der Waals surface area contributed by atoms with Crippen molar-refractivity contribution in [3.8, 4) is 11.5 Å². The number of methoxy groups -OCH3 is 1. The molecule has 0 spiro atoms. The van der Waals surface area contributed by atoms with Crippen LogP contribution in [0.25, 0.3) is 0 Å². The molecule has 2 amide bonds. The summed E-state index contributed by atoms with van der Waals surface area (Å²) >= 11 is 0. The van der Waals surface area contributed by atoms with Gasteiger partial charge in [-0.3, -0.25) is 9.59 Å². The third kappa shape index (κ3) is 6.52. The van der Waals surface area contributed by atoms with Crippen LogP contribution >= 0.6 is 0 Å². The van der Waals surface area contributed by atoms with Gasteiger partial charge in [-0.15, -0.1) is 0 Å². The Balaban J connectivity index is 1.90. The SMILES string of the molecule is CCN(CC(=O)Nc1ccccc1OC)C(=O)COc1ccc(C(C)(C)C)cc1. The molecule has 2 rings (SSSR count). The summed E-state index contributed by atoms with van der Waals surface area (Å²) in [4.78, 5) is 26.3. The first kappa shape index (κ1) is 22.3. The average molecular weight is 399 g/mol. The Morgan fingerprint density at radius 1 is 1.03 bits per heavy atom. The zero-order valence-corrected chi connectivity index (χ0v) is 17.8. The van der Waals surface area contributed by atoms with E-state index < -0.39 is 0 Å². The van der Waals surface area contributed by atoms with Crippen LogP contribution < -0.4 is 14.8 Å². The van der Waals surface area contributed by atoms with Gasteiger partial charge in [0, 0.05) is 6.54 Å². The standard InChI is InChI=1S/C23H30N2O4/c1-6-25(15-21(26)24-19-9-7-8-10-20(19)28-5)22(27)16-29-18-13-11-17(12-14-18)23(2,3)4/h7-14H,6,15-16H2,1-5H3,(H,24,26). The van der Waals surface area contributed by atoms with E-state index in [1.807, 2.05) is 37.3 Å². The van der Waals surface area contributed by atoms with Crippen LogP contribution in [0.3, 0.4) is 0 Å².